The van der Waals surface area contributed by atoms with E-state index in [1.807, 2.05) is 32.0 Å². The van der Waals surface area contributed by atoms with E-state index in [4.69, 9.17) is 16.3 Å². The molecule has 9 heteroatoms. The van der Waals surface area contributed by atoms with Gasteiger partial charge < -0.3 is 10.1 Å². The topological polar surface area (TPSA) is 84.4 Å². The number of amides is 2. The highest BCUT2D eigenvalue weighted by Crippen LogP contribution is 2.63. The minimum atomic E-state index is -0.205. The molecule has 3 atom stereocenters. The zero-order valence-corrected chi connectivity index (χ0v) is 20.6. The number of aromatic nitrogens is 2. The molecule has 3 fully saturated rings. The van der Waals surface area contributed by atoms with E-state index in [0.29, 0.717) is 10.9 Å². The molecule has 3 aromatic rings. The first-order chi connectivity index (χ1) is 16.3. The minimum Gasteiger partial charge on any atom is -0.473 e. The molecule has 2 saturated heterocycles. The van der Waals surface area contributed by atoms with Crippen molar-refractivity contribution in [3.63, 3.8) is 0 Å². The molecule has 176 valence electrons. The van der Waals surface area contributed by atoms with Gasteiger partial charge in [-0.3, -0.25) is 19.5 Å². The number of fused-ring (bicyclic) bond motifs is 2. The summed E-state index contributed by atoms with van der Waals surface area (Å²) in [6.07, 6.45) is 5.45. The first kappa shape index (κ1) is 21.9. The highest BCUT2D eigenvalue weighted by Gasteiger charge is 2.72. The molecular formula is C25H25ClN4O3S. The van der Waals surface area contributed by atoms with Crippen LogP contribution in [0.1, 0.15) is 31.6 Å². The van der Waals surface area contributed by atoms with Gasteiger partial charge in [-0.15, -0.1) is 11.3 Å². The van der Waals surface area contributed by atoms with Crippen LogP contribution in [0, 0.1) is 17.3 Å². The summed E-state index contributed by atoms with van der Waals surface area (Å²) in [7, 11) is 0. The Bertz CT molecular complexity index is 1290. The Morgan fingerprint density at radius 3 is 2.74 bits per heavy atom. The van der Waals surface area contributed by atoms with Gasteiger partial charge in [-0.25, -0.2) is 4.98 Å². The summed E-state index contributed by atoms with van der Waals surface area (Å²) in [5.41, 5.74) is 2.35. The van der Waals surface area contributed by atoms with Crippen molar-refractivity contribution in [3.8, 4) is 17.0 Å². The number of imide groups is 1. The van der Waals surface area contributed by atoms with Crippen LogP contribution in [0.5, 0.6) is 5.88 Å². The zero-order valence-electron chi connectivity index (χ0n) is 19.0. The lowest BCUT2D eigenvalue weighted by Gasteiger charge is -2.24. The number of likely N-dealkylation sites (tertiary alicyclic amines) is 1. The highest BCUT2D eigenvalue weighted by atomic mass is 35.5. The fourth-order valence-electron chi connectivity index (χ4n) is 5.39. The third-order valence-electron chi connectivity index (χ3n) is 7.31. The lowest BCUT2D eigenvalue weighted by Crippen LogP contribution is -2.37. The number of nitrogens with zero attached hydrogens (tertiary/aromatic N) is 3. The number of carbonyl (C=O) groups is 2. The number of thiophene rings is 1. The summed E-state index contributed by atoms with van der Waals surface area (Å²) < 4.78 is 7.23. The normalized spacial score (nSPS) is 25.6. The van der Waals surface area contributed by atoms with Crippen LogP contribution in [-0.2, 0) is 16.1 Å². The highest BCUT2D eigenvalue weighted by molar-refractivity contribution is 7.19. The van der Waals surface area contributed by atoms with E-state index in [1.165, 1.54) is 16.2 Å². The van der Waals surface area contributed by atoms with Crippen LogP contribution in [-0.4, -0.2) is 45.9 Å². The van der Waals surface area contributed by atoms with Gasteiger partial charge in [0, 0.05) is 34.9 Å². The predicted octanol–water partition coefficient (Wildman–Crippen LogP) is 4.28. The summed E-state index contributed by atoms with van der Waals surface area (Å²) in [4.78, 5) is 37.0. The van der Waals surface area contributed by atoms with E-state index in [9.17, 15) is 9.59 Å². The maximum atomic E-state index is 12.8. The third kappa shape index (κ3) is 3.51. The van der Waals surface area contributed by atoms with Crippen LogP contribution >= 0.6 is 22.9 Å². The maximum absolute atomic E-state index is 12.8. The van der Waals surface area contributed by atoms with Crippen molar-refractivity contribution in [3.05, 3.63) is 40.5 Å². The van der Waals surface area contributed by atoms with Crippen molar-refractivity contribution >= 4 is 45.0 Å². The third-order valence-corrected chi connectivity index (χ3v) is 8.66. The summed E-state index contributed by atoms with van der Waals surface area (Å²) in [5.74, 6) is 0.0971. The lowest BCUT2D eigenvalue weighted by atomic mass is 10.1. The molecule has 2 aliphatic heterocycles. The Morgan fingerprint density at radius 1 is 1.21 bits per heavy atom. The van der Waals surface area contributed by atoms with E-state index >= 15 is 0 Å². The molecule has 7 nitrogen and oxygen atoms in total. The van der Waals surface area contributed by atoms with E-state index < -0.39 is 0 Å². The number of nitrogens with one attached hydrogen (secondary N) is 1. The van der Waals surface area contributed by atoms with Crippen molar-refractivity contribution in [1.29, 1.82) is 0 Å². The monoisotopic (exact) mass is 496 g/mol. The summed E-state index contributed by atoms with van der Waals surface area (Å²) in [5, 5.41) is 3.89. The van der Waals surface area contributed by atoms with Crippen molar-refractivity contribution < 1.29 is 14.3 Å². The number of rotatable bonds is 5. The van der Waals surface area contributed by atoms with Gasteiger partial charge in [0.15, 0.2) is 0 Å². The van der Waals surface area contributed by atoms with Crippen LogP contribution < -0.4 is 10.1 Å². The fourth-order valence-corrected chi connectivity index (χ4v) is 6.67. The van der Waals surface area contributed by atoms with Crippen LogP contribution in [0.4, 0.5) is 0 Å². The molecular weight excluding hydrogens is 472 g/mol. The molecule has 0 aromatic carbocycles. The molecule has 1 aliphatic carbocycles. The van der Waals surface area contributed by atoms with Gasteiger partial charge in [0.25, 0.3) is 0 Å². The van der Waals surface area contributed by atoms with Gasteiger partial charge in [0.1, 0.15) is 6.10 Å². The Morgan fingerprint density at radius 2 is 2.00 bits per heavy atom. The first-order valence-corrected chi connectivity index (χ1v) is 12.8. The quantitative estimate of drug-likeness (QED) is 0.531. The van der Waals surface area contributed by atoms with Crippen LogP contribution in [0.3, 0.4) is 0 Å². The zero-order chi connectivity index (χ0) is 23.6. The smallest absolute Gasteiger partial charge is 0.234 e. The summed E-state index contributed by atoms with van der Waals surface area (Å²) in [6.45, 7) is 6.06. The second-order valence-electron chi connectivity index (χ2n) is 9.92. The molecule has 3 aliphatic rings. The maximum Gasteiger partial charge on any atom is 0.234 e. The Balaban J connectivity index is 1.33. The largest absolute Gasteiger partial charge is 0.473 e. The van der Waals surface area contributed by atoms with E-state index in [2.05, 4.69) is 15.3 Å². The summed E-state index contributed by atoms with van der Waals surface area (Å²) >= 11 is 7.87. The minimum absolute atomic E-state index is 0.0542. The predicted molar refractivity (Wildman–Crippen MR) is 131 cm³/mol. The van der Waals surface area contributed by atoms with Crippen molar-refractivity contribution in [2.24, 2.45) is 17.3 Å². The van der Waals surface area contributed by atoms with Gasteiger partial charge in [0.2, 0.25) is 17.7 Å². The molecule has 3 aromatic heterocycles. The molecule has 2 unspecified atom stereocenters. The number of ether oxygens (including phenoxy) is 1. The second kappa shape index (κ2) is 8.00. The molecule has 2 amide bonds. The van der Waals surface area contributed by atoms with Crippen LogP contribution in [0.25, 0.3) is 21.3 Å². The van der Waals surface area contributed by atoms with Crippen molar-refractivity contribution in [2.75, 3.05) is 13.1 Å². The number of hydrogen-bond acceptors (Lipinski definition) is 7. The van der Waals surface area contributed by atoms with Gasteiger partial charge in [0.05, 0.1) is 33.6 Å². The standard InChI is InChI=1S/C25H25ClN4O3S/c1-25(2)19-20(25)24(32)30(23(19)31)12-15-9-18-21(34-15)16(5-7-28-18)17-8-13(26)10-29-22(17)33-14-4-3-6-27-11-14/h5,7-10,14,19-20,27H,3-4,6,11-12H2,1-2H3/t14-,19?,20?/m0/s1. The number of carbonyl (C=O) groups excluding carboxylic acids is 2. The number of halogens is 1. The Labute approximate surface area is 206 Å². The van der Waals surface area contributed by atoms with E-state index in [1.54, 1.807) is 12.4 Å². The van der Waals surface area contributed by atoms with Gasteiger partial charge in [-0.1, -0.05) is 25.4 Å². The molecule has 1 N–H and O–H groups in total. The number of pyridine rings is 2. The first-order valence-electron chi connectivity index (χ1n) is 11.6. The lowest BCUT2D eigenvalue weighted by molar-refractivity contribution is -0.143. The van der Waals surface area contributed by atoms with Crippen molar-refractivity contribution in [1.82, 2.24) is 20.2 Å². The Hall–Kier alpha value is -2.55. The second-order valence-corrected chi connectivity index (χ2v) is 11.5. The number of piperidine rings is 2. The molecule has 6 rings (SSSR count). The molecule has 0 radical (unpaired) electrons. The molecule has 0 spiro atoms. The molecule has 5 heterocycles. The average Bonchev–Trinajstić information content (AvgIpc) is 3.06. The van der Waals surface area contributed by atoms with Crippen LogP contribution in [0.15, 0.2) is 30.6 Å². The molecule has 0 bridgehead atoms. The van der Waals surface area contributed by atoms with Gasteiger partial charge >= 0.3 is 0 Å². The van der Waals surface area contributed by atoms with E-state index in [0.717, 1.165) is 52.2 Å². The molecule has 1 saturated carbocycles. The SMILES string of the molecule is CC1(C)C2C(=O)N(Cc3cc4nccc(-c5cc(Cl)cnc5O[C@H]5CCCNC5)c4s3)C(=O)C21. The Kier molecular flexibility index (Phi) is 5.17. The van der Waals surface area contributed by atoms with Crippen molar-refractivity contribution in [2.45, 2.75) is 39.3 Å². The van der Waals surface area contributed by atoms with Crippen LogP contribution in [0.2, 0.25) is 5.02 Å². The summed E-state index contributed by atoms with van der Waals surface area (Å²) in [6, 6.07) is 5.77. The molecule has 34 heavy (non-hydrogen) atoms. The fraction of sp³-hybridized carbons (Fsp3) is 0.440. The van der Waals surface area contributed by atoms with Gasteiger partial charge in [-0.05, 0) is 43.0 Å². The number of hydrogen-bond donors (Lipinski definition) is 1. The van der Waals surface area contributed by atoms with E-state index in [-0.39, 0.29) is 41.7 Å². The van der Waals surface area contributed by atoms with Gasteiger partial charge in [-0.2, -0.15) is 0 Å². The average molecular weight is 497 g/mol.